The molecular formula is C24H22N4OS. The monoisotopic (exact) mass is 414 g/mol. The predicted octanol–water partition coefficient (Wildman–Crippen LogP) is 5.41. The Labute approximate surface area is 179 Å². The Kier molecular flexibility index (Phi) is 5.01. The average Bonchev–Trinajstić information content (AvgIpc) is 3.55. The van der Waals surface area contributed by atoms with Crippen molar-refractivity contribution in [3.63, 3.8) is 0 Å². The quantitative estimate of drug-likeness (QED) is 0.458. The standard InChI is InChI=1S/C24H22N4OS/c1-16-23-19(17-11-12-17)13-14-25-24(23)28(27-16)15-22(29)26-20-9-5-6-10-21(20)30-18-7-3-2-4-8-18/h2-10,13-14,17H,11-12,15H2,1H3,(H,26,29). The smallest absolute Gasteiger partial charge is 0.246 e. The van der Waals surface area contributed by atoms with E-state index in [1.165, 1.54) is 18.4 Å². The fourth-order valence-corrected chi connectivity index (χ4v) is 4.68. The van der Waals surface area contributed by atoms with Crippen LogP contribution in [0.2, 0.25) is 0 Å². The fraction of sp³-hybridized carbons (Fsp3) is 0.208. The number of pyridine rings is 1. The maximum absolute atomic E-state index is 12.9. The number of aromatic nitrogens is 3. The molecule has 0 unspecified atom stereocenters. The van der Waals surface area contributed by atoms with Crippen LogP contribution in [0.4, 0.5) is 5.69 Å². The van der Waals surface area contributed by atoms with Crippen molar-refractivity contribution in [2.45, 2.75) is 42.0 Å². The van der Waals surface area contributed by atoms with Crippen LogP contribution in [-0.4, -0.2) is 20.7 Å². The minimum Gasteiger partial charge on any atom is -0.323 e. The molecule has 0 aliphatic heterocycles. The van der Waals surface area contributed by atoms with Gasteiger partial charge in [-0.25, -0.2) is 9.67 Å². The largest absolute Gasteiger partial charge is 0.323 e. The molecule has 4 aromatic rings. The zero-order valence-electron chi connectivity index (χ0n) is 16.7. The Balaban J connectivity index is 1.37. The molecule has 1 fully saturated rings. The maximum Gasteiger partial charge on any atom is 0.246 e. The summed E-state index contributed by atoms with van der Waals surface area (Å²) in [6.07, 6.45) is 4.28. The Morgan fingerprint density at radius 2 is 1.87 bits per heavy atom. The van der Waals surface area contributed by atoms with Gasteiger partial charge < -0.3 is 5.32 Å². The lowest BCUT2D eigenvalue weighted by atomic mass is 10.1. The van der Waals surface area contributed by atoms with Crippen LogP contribution in [0.15, 0.2) is 76.7 Å². The second-order valence-corrected chi connectivity index (χ2v) is 8.69. The number of fused-ring (bicyclic) bond motifs is 1. The lowest BCUT2D eigenvalue weighted by Crippen LogP contribution is -2.20. The van der Waals surface area contributed by atoms with Gasteiger partial charge in [0.15, 0.2) is 5.65 Å². The molecule has 6 heteroatoms. The average molecular weight is 415 g/mol. The van der Waals surface area contributed by atoms with E-state index >= 15 is 0 Å². The molecule has 1 saturated carbocycles. The molecule has 2 heterocycles. The molecule has 0 bridgehead atoms. The van der Waals surface area contributed by atoms with Gasteiger partial charge >= 0.3 is 0 Å². The Bertz CT molecular complexity index is 1210. The second kappa shape index (κ2) is 7.95. The zero-order chi connectivity index (χ0) is 20.5. The van der Waals surface area contributed by atoms with Crippen molar-refractivity contribution >= 4 is 34.4 Å². The number of carbonyl (C=O) groups excluding carboxylic acids is 1. The molecule has 5 rings (SSSR count). The van der Waals surface area contributed by atoms with E-state index in [9.17, 15) is 4.79 Å². The van der Waals surface area contributed by atoms with E-state index in [4.69, 9.17) is 0 Å². The molecule has 1 aliphatic carbocycles. The summed E-state index contributed by atoms with van der Waals surface area (Å²) in [5.41, 5.74) is 3.84. The predicted molar refractivity (Wildman–Crippen MR) is 120 cm³/mol. The summed E-state index contributed by atoms with van der Waals surface area (Å²) in [5, 5.41) is 8.78. The first kappa shape index (κ1) is 18.9. The molecule has 150 valence electrons. The Morgan fingerprint density at radius 1 is 1.10 bits per heavy atom. The van der Waals surface area contributed by atoms with Gasteiger partial charge in [0.1, 0.15) is 6.54 Å². The van der Waals surface area contributed by atoms with Crippen LogP contribution in [-0.2, 0) is 11.3 Å². The van der Waals surface area contributed by atoms with Crippen molar-refractivity contribution in [3.8, 4) is 0 Å². The Morgan fingerprint density at radius 3 is 2.67 bits per heavy atom. The number of para-hydroxylation sites is 1. The van der Waals surface area contributed by atoms with Gasteiger partial charge in [0.2, 0.25) is 5.91 Å². The highest BCUT2D eigenvalue weighted by Crippen LogP contribution is 2.43. The van der Waals surface area contributed by atoms with Gasteiger partial charge in [-0.1, -0.05) is 42.1 Å². The molecule has 0 saturated heterocycles. The normalized spacial score (nSPS) is 13.5. The summed E-state index contributed by atoms with van der Waals surface area (Å²) in [7, 11) is 0. The molecular weight excluding hydrogens is 392 g/mol. The van der Waals surface area contributed by atoms with Crippen molar-refractivity contribution in [2.75, 3.05) is 5.32 Å². The summed E-state index contributed by atoms with van der Waals surface area (Å²) in [6.45, 7) is 2.13. The maximum atomic E-state index is 12.9. The number of anilines is 1. The third kappa shape index (κ3) is 3.83. The molecule has 1 aliphatic rings. The summed E-state index contributed by atoms with van der Waals surface area (Å²) in [5.74, 6) is 0.502. The molecule has 2 aromatic carbocycles. The number of hydrogen-bond donors (Lipinski definition) is 1. The van der Waals surface area contributed by atoms with Crippen LogP contribution in [0.3, 0.4) is 0 Å². The fourth-order valence-electron chi connectivity index (χ4n) is 3.75. The third-order valence-electron chi connectivity index (χ3n) is 5.28. The number of nitrogens with zero attached hydrogens (tertiary/aromatic N) is 3. The second-order valence-electron chi connectivity index (χ2n) is 7.58. The van der Waals surface area contributed by atoms with Gasteiger partial charge in [-0.15, -0.1) is 0 Å². The van der Waals surface area contributed by atoms with Crippen LogP contribution >= 0.6 is 11.8 Å². The number of rotatable bonds is 6. The summed E-state index contributed by atoms with van der Waals surface area (Å²) < 4.78 is 1.72. The molecule has 0 atom stereocenters. The number of nitrogens with one attached hydrogen (secondary N) is 1. The minimum atomic E-state index is -0.112. The van der Waals surface area contributed by atoms with E-state index in [2.05, 4.69) is 33.6 Å². The molecule has 0 spiro atoms. The summed E-state index contributed by atoms with van der Waals surface area (Å²) >= 11 is 1.63. The molecule has 1 N–H and O–H groups in total. The van der Waals surface area contributed by atoms with Gasteiger partial charge in [0.25, 0.3) is 0 Å². The van der Waals surface area contributed by atoms with E-state index in [1.807, 2.05) is 55.6 Å². The van der Waals surface area contributed by atoms with Crippen LogP contribution in [0, 0.1) is 6.92 Å². The van der Waals surface area contributed by atoms with Gasteiger partial charge in [0, 0.05) is 21.4 Å². The van der Waals surface area contributed by atoms with Gasteiger partial charge in [-0.3, -0.25) is 4.79 Å². The van der Waals surface area contributed by atoms with Crippen LogP contribution in [0.1, 0.15) is 30.0 Å². The highest BCUT2D eigenvalue weighted by atomic mass is 32.2. The third-order valence-corrected chi connectivity index (χ3v) is 6.37. The van der Waals surface area contributed by atoms with Crippen LogP contribution in [0.25, 0.3) is 11.0 Å². The van der Waals surface area contributed by atoms with Crippen molar-refractivity contribution in [2.24, 2.45) is 0 Å². The first-order valence-electron chi connectivity index (χ1n) is 10.1. The summed E-state index contributed by atoms with van der Waals surface area (Å²) in [4.78, 5) is 19.5. The van der Waals surface area contributed by atoms with Gasteiger partial charge in [-0.2, -0.15) is 5.10 Å². The molecule has 5 nitrogen and oxygen atoms in total. The van der Waals surface area contributed by atoms with E-state index in [1.54, 1.807) is 16.4 Å². The lowest BCUT2D eigenvalue weighted by molar-refractivity contribution is -0.116. The first-order valence-corrected chi connectivity index (χ1v) is 10.9. The number of amides is 1. The Hall–Kier alpha value is -3.12. The molecule has 0 radical (unpaired) electrons. The van der Waals surface area contributed by atoms with E-state index in [0.29, 0.717) is 5.92 Å². The van der Waals surface area contributed by atoms with Gasteiger partial charge in [0.05, 0.1) is 11.4 Å². The molecule has 2 aromatic heterocycles. The van der Waals surface area contributed by atoms with Crippen molar-refractivity contribution in [1.29, 1.82) is 0 Å². The number of carbonyl (C=O) groups is 1. The topological polar surface area (TPSA) is 59.8 Å². The molecule has 30 heavy (non-hydrogen) atoms. The lowest BCUT2D eigenvalue weighted by Gasteiger charge is -2.11. The highest BCUT2D eigenvalue weighted by molar-refractivity contribution is 7.99. The molecule has 1 amide bonds. The minimum absolute atomic E-state index is 0.112. The van der Waals surface area contributed by atoms with Crippen LogP contribution in [0.5, 0.6) is 0 Å². The SMILES string of the molecule is Cc1nn(CC(=O)Nc2ccccc2Sc2ccccc2)c2nccc(C3CC3)c12. The number of hydrogen-bond acceptors (Lipinski definition) is 4. The van der Waals surface area contributed by atoms with Crippen LogP contribution < -0.4 is 5.32 Å². The van der Waals surface area contributed by atoms with E-state index < -0.39 is 0 Å². The number of benzene rings is 2. The van der Waals surface area contributed by atoms with E-state index in [-0.39, 0.29) is 12.5 Å². The van der Waals surface area contributed by atoms with Crippen molar-refractivity contribution < 1.29 is 4.79 Å². The number of aryl methyl sites for hydroxylation is 1. The zero-order valence-corrected chi connectivity index (χ0v) is 17.5. The van der Waals surface area contributed by atoms with Crippen molar-refractivity contribution in [1.82, 2.24) is 14.8 Å². The van der Waals surface area contributed by atoms with E-state index in [0.717, 1.165) is 32.2 Å². The highest BCUT2D eigenvalue weighted by Gasteiger charge is 2.27. The van der Waals surface area contributed by atoms with Crippen molar-refractivity contribution in [3.05, 3.63) is 78.1 Å². The first-order chi connectivity index (χ1) is 14.7. The van der Waals surface area contributed by atoms with Gasteiger partial charge in [-0.05, 0) is 61.6 Å². The summed E-state index contributed by atoms with van der Waals surface area (Å²) in [6, 6.07) is 20.1.